The van der Waals surface area contributed by atoms with E-state index in [-0.39, 0.29) is 36.4 Å². The first-order valence-corrected chi connectivity index (χ1v) is 9.83. The number of nitrogens with zero attached hydrogens (tertiary/aromatic N) is 2. The van der Waals surface area contributed by atoms with Crippen LogP contribution in [0.1, 0.15) is 36.8 Å². The van der Waals surface area contributed by atoms with Gasteiger partial charge < -0.3 is 11.1 Å². The van der Waals surface area contributed by atoms with Crippen molar-refractivity contribution in [3.8, 4) is 6.07 Å². The van der Waals surface area contributed by atoms with Crippen molar-refractivity contribution in [2.45, 2.75) is 43.5 Å². The zero-order valence-electron chi connectivity index (χ0n) is 14.4. The highest BCUT2D eigenvalue weighted by molar-refractivity contribution is 7.89. The Labute approximate surface area is 148 Å². The molecule has 1 aromatic rings. The van der Waals surface area contributed by atoms with Gasteiger partial charge in [-0.15, -0.1) is 0 Å². The molecule has 1 saturated heterocycles. The van der Waals surface area contributed by atoms with Gasteiger partial charge in [0.2, 0.25) is 15.9 Å². The third-order valence-electron chi connectivity index (χ3n) is 4.37. The lowest BCUT2D eigenvalue weighted by atomic mass is 10.1. The third-order valence-corrected chi connectivity index (χ3v) is 6.48. The number of aryl methyl sites for hydroxylation is 1. The highest BCUT2D eigenvalue weighted by atomic mass is 32.2. The molecule has 1 atom stereocenters. The molecule has 0 bridgehead atoms. The van der Waals surface area contributed by atoms with Crippen LogP contribution in [0, 0.1) is 18.3 Å². The molecule has 0 aliphatic carbocycles. The molecule has 0 saturated carbocycles. The minimum atomic E-state index is -3.68. The van der Waals surface area contributed by atoms with Crippen LogP contribution in [0.2, 0.25) is 0 Å². The van der Waals surface area contributed by atoms with E-state index in [0.29, 0.717) is 24.1 Å². The summed E-state index contributed by atoms with van der Waals surface area (Å²) in [5.74, 6) is -0.167. The molecule has 7 nitrogen and oxygen atoms in total. The summed E-state index contributed by atoms with van der Waals surface area (Å²) in [7, 11) is -3.68. The van der Waals surface area contributed by atoms with Crippen molar-refractivity contribution in [2.75, 3.05) is 19.6 Å². The maximum Gasteiger partial charge on any atom is 0.243 e. The monoisotopic (exact) mass is 364 g/mol. The number of carbonyl (C=O) groups is 1. The standard InChI is InChI=1S/C17H24N4O3S/c1-13-10-14(11-19)5-6-16(13)25(23,24)21-9-3-2-4-15(21)12-20-17(22)7-8-18/h5-6,10,15H,2-4,7-9,12,18H2,1H3,(H,20,22). The molecule has 8 heteroatoms. The summed E-state index contributed by atoms with van der Waals surface area (Å²) in [6, 6.07) is 6.33. The predicted octanol–water partition coefficient (Wildman–Crippen LogP) is 0.875. The van der Waals surface area contributed by atoms with Crippen LogP contribution in [0.5, 0.6) is 0 Å². The first-order chi connectivity index (χ1) is 11.9. The number of sulfonamides is 1. The third kappa shape index (κ3) is 4.57. The second-order valence-electron chi connectivity index (χ2n) is 6.20. The fourth-order valence-electron chi connectivity index (χ4n) is 3.08. The van der Waals surface area contributed by atoms with Gasteiger partial charge in [-0.05, 0) is 43.5 Å². The molecule has 1 fully saturated rings. The van der Waals surface area contributed by atoms with Crippen LogP contribution in [-0.4, -0.2) is 44.3 Å². The van der Waals surface area contributed by atoms with E-state index in [0.717, 1.165) is 12.8 Å². The van der Waals surface area contributed by atoms with Crippen LogP contribution in [0.3, 0.4) is 0 Å². The largest absolute Gasteiger partial charge is 0.354 e. The Morgan fingerprint density at radius 2 is 2.20 bits per heavy atom. The number of rotatable bonds is 6. The van der Waals surface area contributed by atoms with Gasteiger partial charge in [0, 0.05) is 32.1 Å². The van der Waals surface area contributed by atoms with E-state index < -0.39 is 10.0 Å². The van der Waals surface area contributed by atoms with Crippen molar-refractivity contribution >= 4 is 15.9 Å². The molecular weight excluding hydrogens is 340 g/mol. The van der Waals surface area contributed by atoms with E-state index in [4.69, 9.17) is 11.0 Å². The van der Waals surface area contributed by atoms with Gasteiger partial charge in [0.15, 0.2) is 0 Å². The van der Waals surface area contributed by atoms with Gasteiger partial charge >= 0.3 is 0 Å². The van der Waals surface area contributed by atoms with Crippen LogP contribution in [-0.2, 0) is 14.8 Å². The normalized spacial score (nSPS) is 18.5. The molecule has 0 radical (unpaired) electrons. The topological polar surface area (TPSA) is 116 Å². The summed E-state index contributed by atoms with van der Waals surface area (Å²) in [5, 5.41) is 11.7. The number of nitriles is 1. The summed E-state index contributed by atoms with van der Waals surface area (Å²) in [6.07, 6.45) is 2.66. The Hall–Kier alpha value is -1.95. The van der Waals surface area contributed by atoms with Crippen LogP contribution < -0.4 is 11.1 Å². The number of hydrogen-bond donors (Lipinski definition) is 2. The zero-order valence-corrected chi connectivity index (χ0v) is 15.2. The van der Waals surface area contributed by atoms with Gasteiger partial charge in [0.25, 0.3) is 0 Å². The fraction of sp³-hybridized carbons (Fsp3) is 0.529. The van der Waals surface area contributed by atoms with Crippen LogP contribution in [0.15, 0.2) is 23.1 Å². The highest BCUT2D eigenvalue weighted by Gasteiger charge is 2.34. The minimum Gasteiger partial charge on any atom is -0.354 e. The zero-order chi connectivity index (χ0) is 18.4. The molecule has 136 valence electrons. The molecule has 2 rings (SSSR count). The van der Waals surface area contributed by atoms with Crippen molar-refractivity contribution in [1.82, 2.24) is 9.62 Å². The fourth-order valence-corrected chi connectivity index (χ4v) is 4.98. The lowest BCUT2D eigenvalue weighted by molar-refractivity contribution is -0.121. The predicted molar refractivity (Wildman–Crippen MR) is 94.1 cm³/mol. The Kier molecular flexibility index (Phi) is 6.53. The van der Waals surface area contributed by atoms with Crippen molar-refractivity contribution in [1.29, 1.82) is 5.26 Å². The average molecular weight is 364 g/mol. The molecule has 1 aromatic carbocycles. The molecule has 0 aromatic heterocycles. The minimum absolute atomic E-state index is 0.167. The molecule has 1 unspecified atom stereocenters. The van der Waals surface area contributed by atoms with Gasteiger partial charge in [0.1, 0.15) is 0 Å². The number of hydrogen-bond acceptors (Lipinski definition) is 5. The Morgan fingerprint density at radius 1 is 1.44 bits per heavy atom. The number of benzene rings is 1. The number of piperidine rings is 1. The highest BCUT2D eigenvalue weighted by Crippen LogP contribution is 2.27. The van der Waals surface area contributed by atoms with Crippen LogP contribution >= 0.6 is 0 Å². The number of amides is 1. The molecule has 1 amide bonds. The van der Waals surface area contributed by atoms with Gasteiger partial charge in [-0.25, -0.2) is 8.42 Å². The number of nitrogens with one attached hydrogen (secondary N) is 1. The van der Waals surface area contributed by atoms with E-state index >= 15 is 0 Å². The first kappa shape index (κ1) is 19.4. The molecule has 1 aliphatic rings. The van der Waals surface area contributed by atoms with Crippen LogP contribution in [0.25, 0.3) is 0 Å². The van der Waals surface area contributed by atoms with Gasteiger partial charge in [0.05, 0.1) is 16.5 Å². The van der Waals surface area contributed by atoms with Crippen molar-refractivity contribution in [2.24, 2.45) is 5.73 Å². The maximum absolute atomic E-state index is 13.1. The quantitative estimate of drug-likeness (QED) is 0.777. The first-order valence-electron chi connectivity index (χ1n) is 8.39. The van der Waals surface area contributed by atoms with Crippen molar-refractivity contribution < 1.29 is 13.2 Å². The summed E-state index contributed by atoms with van der Waals surface area (Å²) in [4.78, 5) is 11.9. The molecule has 1 heterocycles. The molecule has 1 aliphatic heterocycles. The van der Waals surface area contributed by atoms with Crippen molar-refractivity contribution in [3.05, 3.63) is 29.3 Å². The summed E-state index contributed by atoms with van der Waals surface area (Å²) >= 11 is 0. The molecule has 3 N–H and O–H groups in total. The van der Waals surface area contributed by atoms with E-state index in [1.807, 2.05) is 6.07 Å². The molecular formula is C17H24N4O3S. The average Bonchev–Trinajstić information content (AvgIpc) is 2.60. The Bertz CT molecular complexity index is 771. The van der Waals surface area contributed by atoms with Gasteiger partial charge in [-0.1, -0.05) is 6.42 Å². The Morgan fingerprint density at radius 3 is 2.84 bits per heavy atom. The number of nitrogens with two attached hydrogens (primary N) is 1. The van der Waals surface area contributed by atoms with E-state index in [9.17, 15) is 13.2 Å². The number of carbonyl (C=O) groups excluding carboxylic acids is 1. The molecule has 25 heavy (non-hydrogen) atoms. The van der Waals surface area contributed by atoms with E-state index in [2.05, 4.69) is 5.32 Å². The SMILES string of the molecule is Cc1cc(C#N)ccc1S(=O)(=O)N1CCCCC1CNC(=O)CCN. The summed E-state index contributed by atoms with van der Waals surface area (Å²) in [5.41, 5.74) is 6.34. The van der Waals surface area contributed by atoms with Crippen LogP contribution in [0.4, 0.5) is 0 Å². The lowest BCUT2D eigenvalue weighted by Gasteiger charge is -2.35. The second kappa shape index (κ2) is 8.43. The van der Waals surface area contributed by atoms with E-state index in [1.54, 1.807) is 13.0 Å². The van der Waals surface area contributed by atoms with Crippen molar-refractivity contribution in [3.63, 3.8) is 0 Å². The smallest absolute Gasteiger partial charge is 0.243 e. The summed E-state index contributed by atoms with van der Waals surface area (Å²) < 4.78 is 27.7. The second-order valence-corrected chi connectivity index (χ2v) is 8.06. The van der Waals surface area contributed by atoms with E-state index in [1.165, 1.54) is 16.4 Å². The summed E-state index contributed by atoms with van der Waals surface area (Å²) in [6.45, 7) is 2.67. The molecule has 0 spiro atoms. The lowest BCUT2D eigenvalue weighted by Crippen LogP contribution is -2.49. The maximum atomic E-state index is 13.1. The van der Waals surface area contributed by atoms with Gasteiger partial charge in [-0.2, -0.15) is 9.57 Å². The Balaban J connectivity index is 2.23. The van der Waals surface area contributed by atoms with Gasteiger partial charge in [-0.3, -0.25) is 4.79 Å².